The summed E-state index contributed by atoms with van der Waals surface area (Å²) < 4.78 is 0. The summed E-state index contributed by atoms with van der Waals surface area (Å²) in [6, 6.07) is 7.39. The van der Waals surface area contributed by atoms with Crippen LogP contribution in [-0.2, 0) is 11.3 Å². The SMILES string of the molecule is CN(C)C(=O)CN1CCC(NC(=O)NCc2ccc(Cl)cc2)CC1. The average Bonchev–Trinajstić information content (AvgIpc) is 2.56. The summed E-state index contributed by atoms with van der Waals surface area (Å²) in [5.41, 5.74) is 1.01. The number of amides is 3. The van der Waals surface area contributed by atoms with Gasteiger partial charge >= 0.3 is 6.03 Å². The Morgan fingerprint density at radius 1 is 1.21 bits per heavy atom. The van der Waals surface area contributed by atoms with Gasteiger partial charge in [0.05, 0.1) is 6.54 Å². The van der Waals surface area contributed by atoms with Crippen LogP contribution >= 0.6 is 11.6 Å². The van der Waals surface area contributed by atoms with Crippen molar-refractivity contribution in [2.24, 2.45) is 0 Å². The molecule has 132 valence electrons. The van der Waals surface area contributed by atoms with Crippen LogP contribution < -0.4 is 10.6 Å². The molecule has 0 unspecified atom stereocenters. The highest BCUT2D eigenvalue weighted by molar-refractivity contribution is 6.30. The largest absolute Gasteiger partial charge is 0.348 e. The number of rotatable bonds is 5. The molecule has 0 spiro atoms. The minimum Gasteiger partial charge on any atom is -0.348 e. The second-order valence-corrected chi connectivity index (χ2v) is 6.73. The van der Waals surface area contributed by atoms with Crippen molar-refractivity contribution in [1.82, 2.24) is 20.4 Å². The molecule has 1 saturated heterocycles. The van der Waals surface area contributed by atoms with Gasteiger partial charge in [0.25, 0.3) is 0 Å². The number of urea groups is 1. The summed E-state index contributed by atoms with van der Waals surface area (Å²) in [5, 5.41) is 6.54. The molecule has 1 heterocycles. The van der Waals surface area contributed by atoms with Gasteiger partial charge in [-0.3, -0.25) is 9.69 Å². The van der Waals surface area contributed by atoms with Crippen LogP contribution in [0.5, 0.6) is 0 Å². The maximum atomic E-state index is 12.0. The Morgan fingerprint density at radius 3 is 2.42 bits per heavy atom. The van der Waals surface area contributed by atoms with Crippen LogP contribution in [0.3, 0.4) is 0 Å². The van der Waals surface area contributed by atoms with E-state index in [4.69, 9.17) is 11.6 Å². The molecule has 6 nitrogen and oxygen atoms in total. The van der Waals surface area contributed by atoms with Gasteiger partial charge in [0.1, 0.15) is 0 Å². The molecule has 1 aromatic rings. The smallest absolute Gasteiger partial charge is 0.315 e. The van der Waals surface area contributed by atoms with Gasteiger partial charge in [0.15, 0.2) is 0 Å². The molecular formula is C17H25ClN4O2. The number of halogens is 1. The standard InChI is InChI=1S/C17H25ClN4O2/c1-21(2)16(23)12-22-9-7-15(8-10-22)20-17(24)19-11-13-3-5-14(18)6-4-13/h3-6,15H,7-12H2,1-2H3,(H2,19,20,24). The van der Waals surface area contributed by atoms with Crippen LogP contribution in [0.2, 0.25) is 5.02 Å². The minimum atomic E-state index is -0.159. The molecule has 1 aromatic carbocycles. The number of likely N-dealkylation sites (tertiary alicyclic amines) is 1. The van der Waals surface area contributed by atoms with Crippen LogP contribution in [0.15, 0.2) is 24.3 Å². The van der Waals surface area contributed by atoms with Gasteiger partial charge < -0.3 is 15.5 Å². The third-order valence-electron chi connectivity index (χ3n) is 4.15. The van der Waals surface area contributed by atoms with Gasteiger partial charge in [0, 0.05) is 44.8 Å². The summed E-state index contributed by atoms with van der Waals surface area (Å²) >= 11 is 5.84. The average molecular weight is 353 g/mol. The van der Waals surface area contributed by atoms with Crippen LogP contribution in [0.4, 0.5) is 4.79 Å². The van der Waals surface area contributed by atoms with Crippen LogP contribution in [0.25, 0.3) is 0 Å². The van der Waals surface area contributed by atoms with Gasteiger partial charge in [0.2, 0.25) is 5.91 Å². The second-order valence-electron chi connectivity index (χ2n) is 6.29. The zero-order valence-electron chi connectivity index (χ0n) is 14.2. The van der Waals surface area contributed by atoms with E-state index < -0.39 is 0 Å². The van der Waals surface area contributed by atoms with E-state index in [9.17, 15) is 9.59 Å². The molecule has 2 N–H and O–H groups in total. The summed E-state index contributed by atoms with van der Waals surface area (Å²) in [6.45, 7) is 2.56. The lowest BCUT2D eigenvalue weighted by Gasteiger charge is -2.32. The van der Waals surface area contributed by atoms with Gasteiger partial charge in [-0.05, 0) is 30.5 Å². The number of carbonyl (C=O) groups excluding carboxylic acids is 2. The number of benzene rings is 1. The van der Waals surface area contributed by atoms with E-state index in [1.54, 1.807) is 31.1 Å². The Morgan fingerprint density at radius 2 is 1.83 bits per heavy atom. The summed E-state index contributed by atoms with van der Waals surface area (Å²) in [7, 11) is 3.53. The van der Waals surface area contributed by atoms with Crippen molar-refractivity contribution < 1.29 is 9.59 Å². The Balaban J connectivity index is 1.66. The van der Waals surface area contributed by atoms with Crippen molar-refractivity contribution in [3.8, 4) is 0 Å². The predicted octanol–water partition coefficient (Wildman–Crippen LogP) is 1.69. The number of likely N-dealkylation sites (N-methyl/N-ethyl adjacent to an activating group) is 1. The Labute approximate surface area is 148 Å². The van der Waals surface area contributed by atoms with Gasteiger partial charge in [-0.15, -0.1) is 0 Å². The zero-order valence-corrected chi connectivity index (χ0v) is 15.0. The summed E-state index contributed by atoms with van der Waals surface area (Å²) in [4.78, 5) is 27.4. The molecule has 0 aliphatic carbocycles. The van der Waals surface area contributed by atoms with Gasteiger partial charge in [-0.25, -0.2) is 4.79 Å². The number of carbonyl (C=O) groups is 2. The van der Waals surface area contributed by atoms with E-state index in [0.717, 1.165) is 31.5 Å². The maximum absolute atomic E-state index is 12.0. The molecule has 0 radical (unpaired) electrons. The molecule has 0 saturated carbocycles. The first kappa shape index (κ1) is 18.5. The topological polar surface area (TPSA) is 64.7 Å². The molecule has 1 aliphatic rings. The van der Waals surface area contributed by atoms with E-state index in [2.05, 4.69) is 15.5 Å². The molecule has 2 rings (SSSR count). The lowest BCUT2D eigenvalue weighted by atomic mass is 10.1. The molecule has 1 fully saturated rings. The second kappa shape index (κ2) is 8.89. The first-order valence-electron chi connectivity index (χ1n) is 8.15. The number of hydrogen-bond donors (Lipinski definition) is 2. The highest BCUT2D eigenvalue weighted by Crippen LogP contribution is 2.11. The van der Waals surface area contributed by atoms with E-state index in [-0.39, 0.29) is 18.0 Å². The van der Waals surface area contributed by atoms with E-state index in [0.29, 0.717) is 18.1 Å². The third kappa shape index (κ3) is 6.02. The van der Waals surface area contributed by atoms with E-state index in [1.165, 1.54) is 0 Å². The number of hydrogen-bond acceptors (Lipinski definition) is 3. The summed E-state index contributed by atoms with van der Waals surface area (Å²) in [6.07, 6.45) is 1.71. The minimum absolute atomic E-state index is 0.113. The van der Waals surface area contributed by atoms with Crippen molar-refractivity contribution in [1.29, 1.82) is 0 Å². The van der Waals surface area contributed by atoms with Gasteiger partial charge in [-0.1, -0.05) is 23.7 Å². The van der Waals surface area contributed by atoms with Crippen LogP contribution in [0, 0.1) is 0 Å². The molecule has 0 atom stereocenters. The molecule has 7 heteroatoms. The van der Waals surface area contributed by atoms with E-state index >= 15 is 0 Å². The molecular weight excluding hydrogens is 328 g/mol. The van der Waals surface area contributed by atoms with E-state index in [1.807, 2.05) is 12.1 Å². The number of nitrogens with one attached hydrogen (secondary N) is 2. The Hall–Kier alpha value is -1.79. The lowest BCUT2D eigenvalue weighted by Crippen LogP contribution is -2.49. The molecule has 24 heavy (non-hydrogen) atoms. The zero-order chi connectivity index (χ0) is 17.5. The van der Waals surface area contributed by atoms with Crippen molar-refractivity contribution in [3.63, 3.8) is 0 Å². The summed E-state index contributed by atoms with van der Waals surface area (Å²) in [5.74, 6) is 0.113. The maximum Gasteiger partial charge on any atom is 0.315 e. The van der Waals surface area contributed by atoms with Crippen LogP contribution in [0.1, 0.15) is 18.4 Å². The van der Waals surface area contributed by atoms with Gasteiger partial charge in [-0.2, -0.15) is 0 Å². The molecule has 1 aliphatic heterocycles. The monoisotopic (exact) mass is 352 g/mol. The predicted molar refractivity (Wildman–Crippen MR) is 95.0 cm³/mol. The number of piperidine rings is 1. The Kier molecular flexibility index (Phi) is 6.87. The fraction of sp³-hybridized carbons (Fsp3) is 0.529. The molecule has 0 aromatic heterocycles. The number of nitrogens with zero attached hydrogens (tertiary/aromatic N) is 2. The fourth-order valence-corrected chi connectivity index (χ4v) is 2.72. The highest BCUT2D eigenvalue weighted by atomic mass is 35.5. The van der Waals surface area contributed by atoms with Crippen molar-refractivity contribution >= 4 is 23.5 Å². The first-order valence-corrected chi connectivity index (χ1v) is 8.53. The molecule has 3 amide bonds. The van der Waals surface area contributed by atoms with Crippen molar-refractivity contribution in [2.75, 3.05) is 33.7 Å². The first-order chi connectivity index (χ1) is 11.4. The Bertz CT molecular complexity index is 554. The lowest BCUT2D eigenvalue weighted by molar-refractivity contribution is -0.130. The normalized spacial score (nSPS) is 15.8. The van der Waals surface area contributed by atoms with Crippen molar-refractivity contribution in [3.05, 3.63) is 34.9 Å². The third-order valence-corrected chi connectivity index (χ3v) is 4.40. The van der Waals surface area contributed by atoms with Crippen LogP contribution in [-0.4, -0.2) is 61.5 Å². The molecule has 0 bridgehead atoms. The highest BCUT2D eigenvalue weighted by Gasteiger charge is 2.22. The quantitative estimate of drug-likeness (QED) is 0.847. The van der Waals surface area contributed by atoms with Crippen molar-refractivity contribution in [2.45, 2.75) is 25.4 Å². The fourth-order valence-electron chi connectivity index (χ4n) is 2.59.